The second kappa shape index (κ2) is 3.44. The zero-order chi connectivity index (χ0) is 8.43. The first kappa shape index (κ1) is 8.86. The number of rotatable bonds is 2. The van der Waals surface area contributed by atoms with Crippen LogP contribution in [0.2, 0.25) is 0 Å². The molecular formula is C6H11FO4. The highest BCUT2D eigenvalue weighted by Crippen LogP contribution is 2.23. The molecule has 1 heterocycles. The second-order valence-corrected chi connectivity index (χ2v) is 2.40. The molecule has 4 nitrogen and oxygen atoms in total. The van der Waals surface area contributed by atoms with Gasteiger partial charge in [-0.25, -0.2) is 4.39 Å². The van der Waals surface area contributed by atoms with Gasteiger partial charge >= 0.3 is 0 Å². The molecule has 0 radical (unpaired) electrons. The molecule has 4 atom stereocenters. The normalized spacial score (nSPS) is 44.7. The molecule has 1 aliphatic rings. The average molecular weight is 166 g/mol. The van der Waals surface area contributed by atoms with Crippen molar-refractivity contribution in [2.24, 2.45) is 0 Å². The van der Waals surface area contributed by atoms with Gasteiger partial charge in [-0.2, -0.15) is 0 Å². The van der Waals surface area contributed by atoms with E-state index in [4.69, 9.17) is 14.9 Å². The maximum atomic E-state index is 12.8. The minimum atomic E-state index is -1.56. The summed E-state index contributed by atoms with van der Waals surface area (Å²) < 4.78 is 22.2. The van der Waals surface area contributed by atoms with Crippen LogP contribution in [-0.2, 0) is 9.47 Å². The number of alkyl halides is 1. The van der Waals surface area contributed by atoms with Crippen LogP contribution in [0, 0.1) is 0 Å². The lowest BCUT2D eigenvalue weighted by molar-refractivity contribution is -0.153. The predicted octanol–water partition coefficient (Wildman–Crippen LogP) is -0.951. The topological polar surface area (TPSA) is 58.9 Å². The van der Waals surface area contributed by atoms with E-state index in [2.05, 4.69) is 4.74 Å². The Kier molecular flexibility index (Phi) is 2.78. The van der Waals surface area contributed by atoms with Crippen molar-refractivity contribution in [3.63, 3.8) is 0 Å². The summed E-state index contributed by atoms with van der Waals surface area (Å²) in [5.41, 5.74) is 0. The Morgan fingerprint density at radius 3 is 2.55 bits per heavy atom. The van der Waals surface area contributed by atoms with Crippen molar-refractivity contribution in [2.75, 3.05) is 13.7 Å². The van der Waals surface area contributed by atoms with Gasteiger partial charge in [0.15, 0.2) is 12.5 Å². The molecule has 0 aromatic heterocycles. The van der Waals surface area contributed by atoms with Crippen LogP contribution in [-0.4, -0.2) is 48.6 Å². The number of hydrogen-bond acceptors (Lipinski definition) is 4. The minimum absolute atomic E-state index is 0.446. The van der Waals surface area contributed by atoms with Crippen LogP contribution in [0.3, 0.4) is 0 Å². The zero-order valence-electron chi connectivity index (χ0n) is 6.11. The van der Waals surface area contributed by atoms with E-state index >= 15 is 0 Å². The van der Waals surface area contributed by atoms with Crippen LogP contribution < -0.4 is 0 Å². The van der Waals surface area contributed by atoms with Crippen molar-refractivity contribution in [1.82, 2.24) is 0 Å². The molecule has 5 heteroatoms. The summed E-state index contributed by atoms with van der Waals surface area (Å²) in [4.78, 5) is 0. The fourth-order valence-electron chi connectivity index (χ4n) is 1.04. The van der Waals surface area contributed by atoms with Crippen molar-refractivity contribution in [2.45, 2.75) is 24.7 Å². The van der Waals surface area contributed by atoms with Crippen LogP contribution in [0.15, 0.2) is 0 Å². The van der Waals surface area contributed by atoms with E-state index in [0.717, 1.165) is 0 Å². The van der Waals surface area contributed by atoms with E-state index in [1.54, 1.807) is 0 Å². The number of hydrogen-bond donors (Lipinski definition) is 2. The molecular weight excluding hydrogens is 155 g/mol. The highest BCUT2D eigenvalue weighted by atomic mass is 19.1. The van der Waals surface area contributed by atoms with Gasteiger partial charge in [0.25, 0.3) is 0 Å². The maximum absolute atomic E-state index is 12.8. The van der Waals surface area contributed by atoms with E-state index in [0.29, 0.717) is 0 Å². The summed E-state index contributed by atoms with van der Waals surface area (Å²) in [5.74, 6) is 0. The maximum Gasteiger partial charge on any atom is 0.186 e. The molecule has 0 aromatic carbocycles. The molecule has 1 saturated heterocycles. The standard InChI is InChI=1S/C6H11FO4/c1-10-6-5(9)4(7)3(2-8)11-6/h3-6,8-9H,2H2,1H3/t3-,4-,5+,6+/m1/s1. The second-order valence-electron chi connectivity index (χ2n) is 2.40. The van der Waals surface area contributed by atoms with Crippen LogP contribution in [0.4, 0.5) is 4.39 Å². The Balaban J connectivity index is 2.53. The van der Waals surface area contributed by atoms with Gasteiger partial charge in [-0.1, -0.05) is 0 Å². The molecule has 0 spiro atoms. The first-order valence-corrected chi connectivity index (χ1v) is 3.32. The van der Waals surface area contributed by atoms with Gasteiger partial charge in [-0.15, -0.1) is 0 Å². The summed E-state index contributed by atoms with van der Waals surface area (Å²) in [5, 5.41) is 17.6. The Labute approximate surface area is 63.5 Å². The van der Waals surface area contributed by atoms with Crippen molar-refractivity contribution in [3.8, 4) is 0 Å². The average Bonchev–Trinajstić information content (AvgIpc) is 2.30. The zero-order valence-corrected chi connectivity index (χ0v) is 6.11. The lowest BCUT2D eigenvalue weighted by Gasteiger charge is -2.10. The number of aliphatic hydroxyl groups is 2. The lowest BCUT2D eigenvalue weighted by atomic mass is 10.2. The first-order valence-electron chi connectivity index (χ1n) is 3.32. The molecule has 0 saturated carbocycles. The molecule has 0 unspecified atom stereocenters. The SMILES string of the molecule is CO[C@H]1O[C@H](CO)[C@@H](F)[C@@H]1O. The number of ether oxygens (including phenoxy) is 2. The molecule has 1 aliphatic heterocycles. The highest BCUT2D eigenvalue weighted by molar-refractivity contribution is 4.86. The van der Waals surface area contributed by atoms with Crippen LogP contribution >= 0.6 is 0 Å². The lowest BCUT2D eigenvalue weighted by Crippen LogP contribution is -2.30. The molecule has 0 bridgehead atoms. The quantitative estimate of drug-likeness (QED) is 0.555. The smallest absolute Gasteiger partial charge is 0.186 e. The Bertz CT molecular complexity index is 114. The van der Waals surface area contributed by atoms with E-state index < -0.39 is 31.3 Å². The van der Waals surface area contributed by atoms with Crippen molar-refractivity contribution in [1.29, 1.82) is 0 Å². The summed E-state index contributed by atoms with van der Waals surface area (Å²) in [6.45, 7) is -0.446. The minimum Gasteiger partial charge on any atom is -0.394 e. The summed E-state index contributed by atoms with van der Waals surface area (Å²) in [6.07, 6.45) is -4.78. The highest BCUT2D eigenvalue weighted by Gasteiger charge is 2.43. The fraction of sp³-hybridized carbons (Fsp3) is 1.00. The molecule has 1 rings (SSSR count). The number of methoxy groups -OCH3 is 1. The molecule has 1 fully saturated rings. The Hall–Kier alpha value is -0.230. The third kappa shape index (κ3) is 1.51. The third-order valence-corrected chi connectivity index (χ3v) is 1.68. The summed E-state index contributed by atoms with van der Waals surface area (Å²) in [7, 11) is 1.31. The van der Waals surface area contributed by atoms with Gasteiger partial charge in [0, 0.05) is 7.11 Å². The van der Waals surface area contributed by atoms with Crippen LogP contribution in [0.5, 0.6) is 0 Å². The van der Waals surface area contributed by atoms with Gasteiger partial charge in [-0.3, -0.25) is 0 Å². The fourth-order valence-corrected chi connectivity index (χ4v) is 1.04. The van der Waals surface area contributed by atoms with E-state index in [9.17, 15) is 4.39 Å². The molecule has 0 aromatic rings. The predicted molar refractivity (Wildman–Crippen MR) is 33.7 cm³/mol. The van der Waals surface area contributed by atoms with Gasteiger partial charge in [0.05, 0.1) is 6.61 Å². The van der Waals surface area contributed by atoms with Gasteiger partial charge in [-0.05, 0) is 0 Å². The molecule has 0 amide bonds. The largest absolute Gasteiger partial charge is 0.394 e. The Morgan fingerprint density at radius 1 is 1.64 bits per heavy atom. The van der Waals surface area contributed by atoms with E-state index in [1.165, 1.54) is 7.11 Å². The first-order chi connectivity index (χ1) is 5.20. The molecule has 0 aliphatic carbocycles. The summed E-state index contributed by atoms with van der Waals surface area (Å²) >= 11 is 0. The number of aliphatic hydroxyl groups excluding tert-OH is 2. The third-order valence-electron chi connectivity index (χ3n) is 1.68. The number of halogens is 1. The van der Waals surface area contributed by atoms with Gasteiger partial charge in [0.2, 0.25) is 0 Å². The molecule has 2 N–H and O–H groups in total. The molecule has 11 heavy (non-hydrogen) atoms. The van der Waals surface area contributed by atoms with Crippen molar-refractivity contribution >= 4 is 0 Å². The van der Waals surface area contributed by atoms with Gasteiger partial charge in [0.1, 0.15) is 12.2 Å². The Morgan fingerprint density at radius 2 is 2.27 bits per heavy atom. The summed E-state index contributed by atoms with van der Waals surface area (Å²) in [6, 6.07) is 0. The van der Waals surface area contributed by atoms with Crippen LogP contribution in [0.1, 0.15) is 0 Å². The van der Waals surface area contributed by atoms with E-state index in [1.807, 2.05) is 0 Å². The monoisotopic (exact) mass is 166 g/mol. The van der Waals surface area contributed by atoms with Crippen molar-refractivity contribution < 1.29 is 24.1 Å². The van der Waals surface area contributed by atoms with Crippen LogP contribution in [0.25, 0.3) is 0 Å². The molecule has 66 valence electrons. The van der Waals surface area contributed by atoms with E-state index in [-0.39, 0.29) is 0 Å². The van der Waals surface area contributed by atoms with Gasteiger partial charge < -0.3 is 19.7 Å². The van der Waals surface area contributed by atoms with Crippen molar-refractivity contribution in [3.05, 3.63) is 0 Å².